The lowest BCUT2D eigenvalue weighted by Crippen LogP contribution is -2.22. The molecule has 17 heavy (non-hydrogen) atoms. The van der Waals surface area contributed by atoms with Gasteiger partial charge in [0.2, 0.25) is 0 Å². The molecule has 3 nitrogen and oxygen atoms in total. The molecule has 0 amide bonds. The molecule has 0 bridgehead atoms. The van der Waals surface area contributed by atoms with Crippen LogP contribution < -0.4 is 5.56 Å². The smallest absolute Gasteiger partial charge is 0.266 e. The van der Waals surface area contributed by atoms with E-state index in [0.29, 0.717) is 18.5 Å². The van der Waals surface area contributed by atoms with Crippen LogP contribution in [0.1, 0.15) is 5.56 Å². The first-order chi connectivity index (χ1) is 8.16. The molecule has 0 fully saturated rings. The van der Waals surface area contributed by atoms with Crippen LogP contribution in [0.4, 0.5) is 8.78 Å². The number of rotatable bonds is 3. The topological polar surface area (TPSA) is 34.9 Å². The van der Waals surface area contributed by atoms with Crippen molar-refractivity contribution in [3.63, 3.8) is 0 Å². The van der Waals surface area contributed by atoms with Crippen LogP contribution in [0, 0.1) is 11.6 Å². The van der Waals surface area contributed by atoms with Crippen molar-refractivity contribution in [2.75, 3.05) is 0 Å². The van der Waals surface area contributed by atoms with Gasteiger partial charge in [0.05, 0.1) is 0 Å². The number of halogens is 2. The van der Waals surface area contributed by atoms with E-state index in [1.807, 2.05) is 0 Å². The fraction of sp³-hybridized carbons (Fsp3) is 0.167. The first kappa shape index (κ1) is 11.4. The minimum absolute atomic E-state index is 0.213. The Hall–Kier alpha value is -2.04. The average Bonchev–Trinajstić information content (AvgIpc) is 2.32. The Morgan fingerprint density at radius 3 is 2.71 bits per heavy atom. The van der Waals surface area contributed by atoms with Crippen molar-refractivity contribution < 1.29 is 8.78 Å². The van der Waals surface area contributed by atoms with E-state index in [0.717, 1.165) is 12.1 Å². The molecule has 0 spiro atoms. The Kier molecular flexibility index (Phi) is 3.27. The maximum absolute atomic E-state index is 12.9. The molecule has 0 atom stereocenters. The highest BCUT2D eigenvalue weighted by Crippen LogP contribution is 2.09. The summed E-state index contributed by atoms with van der Waals surface area (Å²) < 4.78 is 26.9. The number of nitrogens with zero attached hydrogens (tertiary/aromatic N) is 2. The Morgan fingerprint density at radius 2 is 2.00 bits per heavy atom. The van der Waals surface area contributed by atoms with Gasteiger partial charge in [-0.2, -0.15) is 5.10 Å². The molecule has 2 rings (SSSR count). The van der Waals surface area contributed by atoms with Gasteiger partial charge in [0, 0.05) is 18.8 Å². The summed E-state index contributed by atoms with van der Waals surface area (Å²) in [6.07, 6.45) is 1.93. The van der Waals surface area contributed by atoms with Gasteiger partial charge in [-0.1, -0.05) is 6.07 Å². The molecular weight excluding hydrogens is 226 g/mol. The van der Waals surface area contributed by atoms with Gasteiger partial charge in [-0.25, -0.2) is 13.5 Å². The van der Waals surface area contributed by atoms with Gasteiger partial charge in [-0.15, -0.1) is 0 Å². The minimum atomic E-state index is -0.879. The molecule has 5 heteroatoms. The van der Waals surface area contributed by atoms with E-state index < -0.39 is 11.6 Å². The van der Waals surface area contributed by atoms with Crippen LogP contribution >= 0.6 is 0 Å². The highest BCUT2D eigenvalue weighted by molar-refractivity contribution is 5.17. The fourth-order valence-corrected chi connectivity index (χ4v) is 1.49. The summed E-state index contributed by atoms with van der Waals surface area (Å²) in [5.41, 5.74) is 0.413. The Morgan fingerprint density at radius 1 is 1.18 bits per heavy atom. The lowest BCUT2D eigenvalue weighted by Gasteiger charge is -2.04. The van der Waals surface area contributed by atoms with E-state index in [2.05, 4.69) is 5.10 Å². The molecule has 88 valence electrons. The quantitative estimate of drug-likeness (QED) is 0.814. The third kappa shape index (κ3) is 2.75. The summed E-state index contributed by atoms with van der Waals surface area (Å²) in [7, 11) is 0. The summed E-state index contributed by atoms with van der Waals surface area (Å²) in [4.78, 5) is 11.3. The largest absolute Gasteiger partial charge is 0.268 e. The van der Waals surface area contributed by atoms with Crippen LogP contribution in [0.5, 0.6) is 0 Å². The first-order valence-corrected chi connectivity index (χ1v) is 5.13. The number of aromatic nitrogens is 2. The molecule has 0 unspecified atom stereocenters. The Bertz CT molecular complexity index is 581. The molecule has 0 radical (unpaired) electrons. The van der Waals surface area contributed by atoms with Crippen molar-refractivity contribution in [3.8, 4) is 0 Å². The molecule has 0 N–H and O–H groups in total. The zero-order valence-electron chi connectivity index (χ0n) is 8.94. The highest BCUT2D eigenvalue weighted by atomic mass is 19.2. The summed E-state index contributed by atoms with van der Waals surface area (Å²) in [5.74, 6) is -1.75. The van der Waals surface area contributed by atoms with Gasteiger partial charge in [-0.3, -0.25) is 4.79 Å². The number of aryl methyl sites for hydroxylation is 2. The molecule has 0 aliphatic carbocycles. The number of benzene rings is 1. The SMILES string of the molecule is O=c1cccnn1CCc1ccc(F)c(F)c1. The minimum Gasteiger partial charge on any atom is -0.268 e. The van der Waals surface area contributed by atoms with Gasteiger partial charge >= 0.3 is 0 Å². The van der Waals surface area contributed by atoms with Crippen molar-refractivity contribution in [2.45, 2.75) is 13.0 Å². The second kappa shape index (κ2) is 4.86. The van der Waals surface area contributed by atoms with Crippen LogP contribution in [-0.2, 0) is 13.0 Å². The predicted molar refractivity (Wildman–Crippen MR) is 58.6 cm³/mol. The lowest BCUT2D eigenvalue weighted by molar-refractivity contribution is 0.505. The molecule has 2 aromatic rings. The normalized spacial score (nSPS) is 10.5. The van der Waals surface area contributed by atoms with E-state index in [1.54, 1.807) is 6.07 Å². The molecular formula is C12H10F2N2O. The van der Waals surface area contributed by atoms with Crippen molar-refractivity contribution in [2.24, 2.45) is 0 Å². The van der Waals surface area contributed by atoms with Crippen LogP contribution in [0.25, 0.3) is 0 Å². The standard InChI is InChI=1S/C12H10F2N2O/c13-10-4-3-9(8-11(10)14)5-7-16-12(17)2-1-6-15-16/h1-4,6,8H,5,7H2. The van der Waals surface area contributed by atoms with Gasteiger partial charge in [0.25, 0.3) is 5.56 Å². The third-order valence-electron chi connectivity index (χ3n) is 2.38. The number of hydrogen-bond donors (Lipinski definition) is 0. The Balaban J connectivity index is 2.10. The van der Waals surface area contributed by atoms with E-state index in [4.69, 9.17) is 0 Å². The van der Waals surface area contributed by atoms with E-state index in [9.17, 15) is 13.6 Å². The molecule has 1 aromatic carbocycles. The molecule has 0 saturated carbocycles. The van der Waals surface area contributed by atoms with Crippen molar-refractivity contribution in [1.29, 1.82) is 0 Å². The summed E-state index contributed by atoms with van der Waals surface area (Å²) in [6, 6.07) is 6.65. The van der Waals surface area contributed by atoms with Gasteiger partial charge in [-0.05, 0) is 30.2 Å². The summed E-state index contributed by atoms with van der Waals surface area (Å²) in [6.45, 7) is 0.338. The number of hydrogen-bond acceptors (Lipinski definition) is 2. The van der Waals surface area contributed by atoms with E-state index in [-0.39, 0.29) is 5.56 Å². The van der Waals surface area contributed by atoms with Crippen molar-refractivity contribution in [1.82, 2.24) is 9.78 Å². The molecule has 0 aliphatic rings. The van der Waals surface area contributed by atoms with Crippen LogP contribution in [0.3, 0.4) is 0 Å². The highest BCUT2D eigenvalue weighted by Gasteiger charge is 2.03. The molecule has 0 aliphatic heterocycles. The van der Waals surface area contributed by atoms with Gasteiger partial charge in [0.1, 0.15) is 0 Å². The average molecular weight is 236 g/mol. The van der Waals surface area contributed by atoms with Crippen molar-refractivity contribution >= 4 is 0 Å². The second-order valence-electron chi connectivity index (χ2n) is 3.58. The van der Waals surface area contributed by atoms with E-state index in [1.165, 1.54) is 23.0 Å². The maximum atomic E-state index is 12.9. The Labute approximate surface area is 96.3 Å². The zero-order chi connectivity index (χ0) is 12.3. The molecule has 1 heterocycles. The summed E-state index contributed by atoms with van der Waals surface area (Å²) in [5, 5.41) is 3.87. The monoisotopic (exact) mass is 236 g/mol. The van der Waals surface area contributed by atoms with Gasteiger partial charge < -0.3 is 0 Å². The van der Waals surface area contributed by atoms with Crippen LogP contribution in [0.15, 0.2) is 41.3 Å². The first-order valence-electron chi connectivity index (χ1n) is 5.13. The predicted octanol–water partition coefficient (Wildman–Crippen LogP) is 1.76. The van der Waals surface area contributed by atoms with Crippen LogP contribution in [-0.4, -0.2) is 9.78 Å². The second-order valence-corrected chi connectivity index (χ2v) is 3.58. The summed E-state index contributed by atoms with van der Waals surface area (Å²) >= 11 is 0. The molecule has 0 saturated heterocycles. The molecule has 1 aromatic heterocycles. The van der Waals surface area contributed by atoms with Gasteiger partial charge in [0.15, 0.2) is 11.6 Å². The fourth-order valence-electron chi connectivity index (χ4n) is 1.49. The maximum Gasteiger partial charge on any atom is 0.266 e. The zero-order valence-corrected chi connectivity index (χ0v) is 8.94. The lowest BCUT2D eigenvalue weighted by atomic mass is 10.1. The van der Waals surface area contributed by atoms with Crippen molar-refractivity contribution in [3.05, 3.63) is 64.1 Å². The van der Waals surface area contributed by atoms with E-state index >= 15 is 0 Å². The third-order valence-corrected chi connectivity index (χ3v) is 2.38. The van der Waals surface area contributed by atoms with Crippen LogP contribution in [0.2, 0.25) is 0 Å².